The number of piperazine rings is 2. The van der Waals surface area contributed by atoms with E-state index in [2.05, 4.69) is 0 Å². The van der Waals surface area contributed by atoms with Crippen LogP contribution in [0.5, 0.6) is 5.75 Å². The van der Waals surface area contributed by atoms with Crippen molar-refractivity contribution in [2.75, 3.05) is 52.4 Å². The van der Waals surface area contributed by atoms with E-state index < -0.39 is 0 Å². The fraction of sp³-hybridized carbons (Fsp3) is 0.600. The van der Waals surface area contributed by atoms with E-state index in [1.165, 1.54) is 0 Å². The molecule has 0 radical (unpaired) electrons. The highest BCUT2D eigenvalue weighted by Gasteiger charge is 2.28. The monoisotopic (exact) mass is 472 g/mol. The van der Waals surface area contributed by atoms with Crippen LogP contribution in [0.4, 0.5) is 0 Å². The first-order valence-corrected chi connectivity index (χ1v) is 12.2. The van der Waals surface area contributed by atoms with E-state index in [9.17, 15) is 19.2 Å². The van der Waals surface area contributed by atoms with Crippen LogP contribution in [0, 0.1) is 0 Å². The second-order valence-corrected chi connectivity index (χ2v) is 8.97. The number of carbonyl (C=O) groups is 4. The summed E-state index contributed by atoms with van der Waals surface area (Å²) in [4.78, 5) is 57.5. The van der Waals surface area contributed by atoms with Gasteiger partial charge in [-0.3, -0.25) is 19.2 Å². The van der Waals surface area contributed by atoms with E-state index in [-0.39, 0.29) is 29.7 Å². The third kappa shape index (κ3) is 6.07. The number of ether oxygens (including phenoxy) is 1. The highest BCUT2D eigenvalue weighted by Crippen LogP contribution is 2.22. The highest BCUT2D eigenvalue weighted by atomic mass is 16.5. The van der Waals surface area contributed by atoms with Crippen molar-refractivity contribution in [3.63, 3.8) is 0 Å². The van der Waals surface area contributed by atoms with Crippen LogP contribution in [0.1, 0.15) is 61.3 Å². The topological polar surface area (TPSA) is 90.5 Å². The van der Waals surface area contributed by atoms with Gasteiger partial charge in [0.05, 0.1) is 6.10 Å². The summed E-state index contributed by atoms with van der Waals surface area (Å²) in [5.41, 5.74) is 0.799. The van der Waals surface area contributed by atoms with E-state index in [4.69, 9.17) is 4.74 Å². The van der Waals surface area contributed by atoms with Crippen molar-refractivity contribution in [1.82, 2.24) is 19.6 Å². The van der Waals surface area contributed by atoms with Crippen molar-refractivity contribution in [3.05, 3.63) is 29.3 Å². The van der Waals surface area contributed by atoms with Gasteiger partial charge in [-0.05, 0) is 32.0 Å². The maximum absolute atomic E-state index is 13.3. The second-order valence-electron chi connectivity index (χ2n) is 8.97. The molecule has 3 rings (SSSR count). The van der Waals surface area contributed by atoms with Crippen LogP contribution < -0.4 is 4.74 Å². The lowest BCUT2D eigenvalue weighted by atomic mass is 10.1. The lowest BCUT2D eigenvalue weighted by Crippen LogP contribution is -2.51. The van der Waals surface area contributed by atoms with Crippen molar-refractivity contribution in [2.45, 2.75) is 46.6 Å². The van der Waals surface area contributed by atoms with Gasteiger partial charge in [0.1, 0.15) is 5.75 Å². The predicted octanol–water partition coefficient (Wildman–Crippen LogP) is 1.86. The summed E-state index contributed by atoms with van der Waals surface area (Å²) < 4.78 is 5.85. The Hall–Kier alpha value is -3.10. The van der Waals surface area contributed by atoms with Crippen LogP contribution in [0.3, 0.4) is 0 Å². The molecule has 2 heterocycles. The zero-order chi connectivity index (χ0) is 24.8. The number of carbonyl (C=O) groups excluding carboxylic acids is 4. The third-order valence-corrected chi connectivity index (χ3v) is 6.22. The Bertz CT molecular complexity index is 850. The third-order valence-electron chi connectivity index (χ3n) is 6.22. The molecule has 0 spiro atoms. The molecule has 1 aromatic rings. The van der Waals surface area contributed by atoms with Gasteiger partial charge in [-0.25, -0.2) is 0 Å². The molecule has 4 amide bonds. The van der Waals surface area contributed by atoms with E-state index in [1.54, 1.807) is 37.8 Å². The molecule has 2 fully saturated rings. The smallest absolute Gasteiger partial charge is 0.254 e. The molecule has 34 heavy (non-hydrogen) atoms. The number of hydrogen-bond donors (Lipinski definition) is 0. The molecular weight excluding hydrogens is 436 g/mol. The van der Waals surface area contributed by atoms with Gasteiger partial charge in [-0.2, -0.15) is 0 Å². The molecule has 2 aliphatic heterocycles. The zero-order valence-corrected chi connectivity index (χ0v) is 20.7. The van der Waals surface area contributed by atoms with Gasteiger partial charge in [0.25, 0.3) is 11.8 Å². The van der Waals surface area contributed by atoms with Crippen LogP contribution >= 0.6 is 0 Å². The summed E-state index contributed by atoms with van der Waals surface area (Å²) in [5.74, 6) is 0.306. The first kappa shape index (κ1) is 25.5. The molecule has 9 heteroatoms. The Kier molecular flexibility index (Phi) is 8.52. The fourth-order valence-corrected chi connectivity index (χ4v) is 4.32. The zero-order valence-electron chi connectivity index (χ0n) is 20.7. The largest absolute Gasteiger partial charge is 0.491 e. The van der Waals surface area contributed by atoms with Crippen LogP contribution in [-0.2, 0) is 9.59 Å². The molecule has 0 aromatic heterocycles. The van der Waals surface area contributed by atoms with Gasteiger partial charge >= 0.3 is 0 Å². The number of nitrogens with zero attached hydrogens (tertiary/aromatic N) is 4. The molecule has 0 unspecified atom stereocenters. The molecule has 0 bridgehead atoms. The molecule has 9 nitrogen and oxygen atoms in total. The predicted molar refractivity (Wildman–Crippen MR) is 128 cm³/mol. The molecule has 2 aliphatic rings. The Morgan fingerprint density at radius 1 is 0.676 bits per heavy atom. The van der Waals surface area contributed by atoms with Gasteiger partial charge in [-0.1, -0.05) is 13.8 Å². The lowest BCUT2D eigenvalue weighted by Gasteiger charge is -2.35. The Balaban J connectivity index is 1.76. The van der Waals surface area contributed by atoms with Crippen molar-refractivity contribution in [2.24, 2.45) is 0 Å². The average Bonchev–Trinajstić information content (AvgIpc) is 2.86. The number of rotatable bonds is 6. The van der Waals surface area contributed by atoms with Crippen LogP contribution in [0.15, 0.2) is 18.2 Å². The molecule has 1 aromatic carbocycles. The Morgan fingerprint density at radius 3 is 1.35 bits per heavy atom. The second kappa shape index (κ2) is 11.4. The fourth-order valence-electron chi connectivity index (χ4n) is 4.32. The lowest BCUT2D eigenvalue weighted by molar-refractivity contribution is -0.133. The minimum absolute atomic E-state index is 0.0908. The summed E-state index contributed by atoms with van der Waals surface area (Å²) in [6.45, 7) is 11.3. The first-order valence-electron chi connectivity index (χ1n) is 12.2. The summed E-state index contributed by atoms with van der Waals surface area (Å²) >= 11 is 0. The maximum atomic E-state index is 13.3. The number of benzene rings is 1. The van der Waals surface area contributed by atoms with Crippen LogP contribution in [0.2, 0.25) is 0 Å². The number of amides is 4. The summed E-state index contributed by atoms with van der Waals surface area (Å²) in [7, 11) is 0. The molecule has 186 valence electrons. The Morgan fingerprint density at radius 2 is 1.03 bits per heavy atom. The van der Waals surface area contributed by atoms with Crippen LogP contribution in [0.25, 0.3) is 0 Å². The molecule has 0 saturated carbocycles. The minimum atomic E-state index is -0.176. The highest BCUT2D eigenvalue weighted by molar-refractivity contribution is 6.00. The Labute approximate surface area is 201 Å². The van der Waals surface area contributed by atoms with Gasteiger partial charge in [0, 0.05) is 76.3 Å². The standard InChI is InChI=1S/C25H36N4O5/c1-5-22(30)26-7-11-28(12-8-26)24(32)19-15-20(17-21(16-19)34-18(3)4)25(33)29-13-9-27(10-14-29)23(31)6-2/h15-18H,5-14H2,1-4H3. The van der Waals surface area contributed by atoms with E-state index >= 15 is 0 Å². The first-order chi connectivity index (χ1) is 16.2. The summed E-state index contributed by atoms with van der Waals surface area (Å²) in [6, 6.07) is 4.99. The van der Waals surface area contributed by atoms with Crippen molar-refractivity contribution in [1.29, 1.82) is 0 Å². The molecule has 0 atom stereocenters. The van der Waals surface area contributed by atoms with Gasteiger partial charge in [0.2, 0.25) is 11.8 Å². The maximum Gasteiger partial charge on any atom is 0.254 e. The molecular formula is C25H36N4O5. The van der Waals surface area contributed by atoms with E-state index in [0.29, 0.717) is 82.1 Å². The van der Waals surface area contributed by atoms with Gasteiger partial charge < -0.3 is 24.3 Å². The summed E-state index contributed by atoms with van der Waals surface area (Å²) in [6.07, 6.45) is 0.796. The molecule has 0 N–H and O–H groups in total. The van der Waals surface area contributed by atoms with E-state index in [0.717, 1.165) is 0 Å². The van der Waals surface area contributed by atoms with Crippen LogP contribution in [-0.4, -0.2) is 102 Å². The van der Waals surface area contributed by atoms with Gasteiger partial charge in [0.15, 0.2) is 0 Å². The van der Waals surface area contributed by atoms with Gasteiger partial charge in [-0.15, -0.1) is 0 Å². The number of hydrogen-bond acceptors (Lipinski definition) is 5. The van der Waals surface area contributed by atoms with Crippen molar-refractivity contribution >= 4 is 23.6 Å². The normalized spacial score (nSPS) is 16.6. The quantitative estimate of drug-likeness (QED) is 0.631. The summed E-state index contributed by atoms with van der Waals surface area (Å²) in [5, 5.41) is 0. The van der Waals surface area contributed by atoms with Crippen molar-refractivity contribution < 1.29 is 23.9 Å². The average molecular weight is 473 g/mol. The minimum Gasteiger partial charge on any atom is -0.491 e. The molecule has 2 saturated heterocycles. The molecule has 0 aliphatic carbocycles. The van der Waals surface area contributed by atoms with E-state index in [1.807, 2.05) is 27.7 Å². The van der Waals surface area contributed by atoms with Crippen molar-refractivity contribution in [3.8, 4) is 5.75 Å². The SMILES string of the molecule is CCC(=O)N1CCN(C(=O)c2cc(OC(C)C)cc(C(=O)N3CCN(C(=O)CC)CC3)c2)CC1.